The molecule has 7 heteroatoms. The molecule has 23 heavy (non-hydrogen) atoms. The maximum absolute atomic E-state index is 12.1. The molecule has 4 aromatic rings. The molecule has 0 aliphatic rings. The molecule has 0 N–H and O–H groups in total. The van der Waals surface area contributed by atoms with Crippen LogP contribution in [0.2, 0.25) is 5.02 Å². The summed E-state index contributed by atoms with van der Waals surface area (Å²) in [6.07, 6.45) is 0. The van der Waals surface area contributed by atoms with Crippen LogP contribution in [0.15, 0.2) is 51.7 Å². The first-order chi connectivity index (χ1) is 11.2. The van der Waals surface area contributed by atoms with Crippen molar-refractivity contribution in [3.8, 4) is 17.1 Å². The van der Waals surface area contributed by atoms with E-state index in [4.69, 9.17) is 20.8 Å². The Kier molecular flexibility index (Phi) is 3.06. The van der Waals surface area contributed by atoms with E-state index in [1.165, 1.54) is 0 Å². The Hall–Kier alpha value is -2.86. The number of ether oxygens (including phenoxy) is 1. The van der Waals surface area contributed by atoms with Gasteiger partial charge in [-0.3, -0.25) is 0 Å². The summed E-state index contributed by atoms with van der Waals surface area (Å²) >= 11 is 6.02. The zero-order valence-electron chi connectivity index (χ0n) is 12.0. The third-order valence-corrected chi connectivity index (χ3v) is 3.74. The minimum atomic E-state index is -0.595. The molecule has 6 nitrogen and oxygen atoms in total. The number of aromatic nitrogens is 3. The highest BCUT2D eigenvalue weighted by Gasteiger charge is 2.14. The second kappa shape index (κ2) is 5.10. The van der Waals surface area contributed by atoms with Gasteiger partial charge in [0.2, 0.25) is 0 Å². The average molecular weight is 328 g/mol. The minimum Gasteiger partial charge on any atom is -0.497 e. The summed E-state index contributed by atoms with van der Waals surface area (Å²) in [5, 5.41) is 5.39. The van der Waals surface area contributed by atoms with E-state index in [1.54, 1.807) is 37.4 Å². The monoisotopic (exact) mass is 327 g/mol. The van der Waals surface area contributed by atoms with Crippen LogP contribution in [0, 0.1) is 0 Å². The van der Waals surface area contributed by atoms with E-state index in [9.17, 15) is 4.79 Å². The van der Waals surface area contributed by atoms with Crippen LogP contribution in [-0.4, -0.2) is 21.7 Å². The Morgan fingerprint density at radius 1 is 1.17 bits per heavy atom. The summed E-state index contributed by atoms with van der Waals surface area (Å²) < 4.78 is 11.5. The van der Waals surface area contributed by atoms with Crippen LogP contribution >= 0.6 is 11.6 Å². The van der Waals surface area contributed by atoms with Crippen LogP contribution in [0.3, 0.4) is 0 Å². The molecule has 0 spiro atoms. The van der Waals surface area contributed by atoms with E-state index in [2.05, 4.69) is 10.1 Å². The van der Waals surface area contributed by atoms with Crippen LogP contribution in [-0.2, 0) is 0 Å². The van der Waals surface area contributed by atoms with Crippen LogP contribution in [0.1, 0.15) is 0 Å². The summed E-state index contributed by atoms with van der Waals surface area (Å²) in [6.45, 7) is 0. The molecule has 2 heterocycles. The lowest BCUT2D eigenvalue weighted by atomic mass is 10.2. The molecular formula is C16H10ClN3O3. The van der Waals surface area contributed by atoms with Crippen molar-refractivity contribution in [2.75, 3.05) is 7.11 Å². The summed E-state index contributed by atoms with van der Waals surface area (Å²) in [4.78, 5) is 16.5. The van der Waals surface area contributed by atoms with Crippen molar-refractivity contribution in [2.24, 2.45) is 0 Å². The topological polar surface area (TPSA) is 69.6 Å². The second-order valence-electron chi connectivity index (χ2n) is 4.91. The third-order valence-electron chi connectivity index (χ3n) is 3.51. The molecule has 2 aromatic carbocycles. The Bertz CT molecular complexity index is 1080. The number of hydrogen-bond acceptors (Lipinski definition) is 5. The number of hydrogen-bond donors (Lipinski definition) is 0. The van der Waals surface area contributed by atoms with E-state index in [0.29, 0.717) is 27.5 Å². The number of fused-ring (bicyclic) bond motifs is 3. The van der Waals surface area contributed by atoms with Gasteiger partial charge in [0.15, 0.2) is 11.5 Å². The van der Waals surface area contributed by atoms with Crippen LogP contribution in [0.4, 0.5) is 0 Å². The lowest BCUT2D eigenvalue weighted by Crippen LogP contribution is -2.12. The van der Waals surface area contributed by atoms with Crippen LogP contribution in [0.5, 0.6) is 5.75 Å². The molecule has 4 rings (SSSR count). The SMILES string of the molecule is COc1ccc(-c2nc3c4cc(Cl)ccc4oc(=O)n3n2)cc1. The largest absolute Gasteiger partial charge is 0.497 e. The fourth-order valence-electron chi connectivity index (χ4n) is 2.38. The van der Waals surface area contributed by atoms with Gasteiger partial charge in [0, 0.05) is 10.6 Å². The summed E-state index contributed by atoms with van der Waals surface area (Å²) in [7, 11) is 1.60. The normalized spacial score (nSPS) is 11.2. The van der Waals surface area contributed by atoms with Gasteiger partial charge in [-0.05, 0) is 42.5 Å². The van der Waals surface area contributed by atoms with Crippen molar-refractivity contribution >= 4 is 28.2 Å². The van der Waals surface area contributed by atoms with Crippen molar-refractivity contribution in [2.45, 2.75) is 0 Å². The quantitative estimate of drug-likeness (QED) is 0.565. The lowest BCUT2D eigenvalue weighted by Gasteiger charge is -1.99. The molecule has 2 aromatic heterocycles. The average Bonchev–Trinajstić information content (AvgIpc) is 3.02. The smallest absolute Gasteiger partial charge is 0.442 e. The molecular weight excluding hydrogens is 318 g/mol. The van der Waals surface area contributed by atoms with Crippen LogP contribution < -0.4 is 10.5 Å². The first kappa shape index (κ1) is 13.8. The number of nitrogens with zero attached hydrogens (tertiary/aromatic N) is 3. The van der Waals surface area contributed by atoms with E-state index >= 15 is 0 Å². The van der Waals surface area contributed by atoms with Gasteiger partial charge in [0.05, 0.1) is 12.5 Å². The highest BCUT2D eigenvalue weighted by molar-refractivity contribution is 6.31. The molecule has 0 unspecified atom stereocenters. The lowest BCUT2D eigenvalue weighted by molar-refractivity contribution is 0.415. The van der Waals surface area contributed by atoms with Crippen molar-refractivity contribution in [1.82, 2.24) is 14.6 Å². The first-order valence-electron chi connectivity index (χ1n) is 6.79. The van der Waals surface area contributed by atoms with Crippen molar-refractivity contribution in [3.05, 3.63) is 58.0 Å². The molecule has 114 valence electrons. The molecule has 0 amide bonds. The van der Waals surface area contributed by atoms with Gasteiger partial charge in [-0.15, -0.1) is 9.61 Å². The number of halogens is 1. The number of benzene rings is 2. The Balaban J connectivity index is 1.99. The van der Waals surface area contributed by atoms with Gasteiger partial charge < -0.3 is 9.15 Å². The van der Waals surface area contributed by atoms with Crippen molar-refractivity contribution < 1.29 is 9.15 Å². The highest BCUT2D eigenvalue weighted by atomic mass is 35.5. The molecule has 0 bridgehead atoms. The van der Waals surface area contributed by atoms with Crippen molar-refractivity contribution in [3.63, 3.8) is 0 Å². The fraction of sp³-hybridized carbons (Fsp3) is 0.0625. The zero-order chi connectivity index (χ0) is 16.0. The molecule has 0 atom stereocenters. The molecule has 0 radical (unpaired) electrons. The summed E-state index contributed by atoms with van der Waals surface area (Å²) in [6, 6.07) is 12.2. The minimum absolute atomic E-state index is 0.407. The standard InChI is InChI=1S/C16H10ClN3O3/c1-22-11-5-2-9(3-6-11)14-18-15-12-8-10(17)4-7-13(12)23-16(21)20(15)19-14/h2-8H,1H3. The molecule has 0 fully saturated rings. The van der Waals surface area contributed by atoms with Gasteiger partial charge in [-0.2, -0.15) is 0 Å². The van der Waals surface area contributed by atoms with Gasteiger partial charge >= 0.3 is 5.76 Å². The van der Waals surface area contributed by atoms with Gasteiger partial charge in [0.25, 0.3) is 0 Å². The van der Waals surface area contributed by atoms with E-state index in [0.717, 1.165) is 15.8 Å². The van der Waals surface area contributed by atoms with Gasteiger partial charge in [0.1, 0.15) is 11.3 Å². The maximum atomic E-state index is 12.1. The first-order valence-corrected chi connectivity index (χ1v) is 7.17. The summed E-state index contributed by atoms with van der Waals surface area (Å²) in [5.74, 6) is 0.559. The summed E-state index contributed by atoms with van der Waals surface area (Å²) in [5.41, 5.74) is 1.59. The van der Waals surface area contributed by atoms with E-state index in [1.807, 2.05) is 12.1 Å². The Labute approximate surface area is 134 Å². The molecule has 0 saturated heterocycles. The molecule has 0 aliphatic carbocycles. The predicted octanol–water partition coefficient (Wildman–Crippen LogP) is 3.16. The Morgan fingerprint density at radius 2 is 1.96 bits per heavy atom. The fourth-order valence-corrected chi connectivity index (χ4v) is 2.55. The highest BCUT2D eigenvalue weighted by Crippen LogP contribution is 2.24. The molecule has 0 aliphatic heterocycles. The van der Waals surface area contributed by atoms with Gasteiger partial charge in [-0.1, -0.05) is 11.6 Å². The van der Waals surface area contributed by atoms with Crippen molar-refractivity contribution in [1.29, 1.82) is 0 Å². The number of methoxy groups -OCH3 is 1. The van der Waals surface area contributed by atoms with Crippen LogP contribution in [0.25, 0.3) is 28.0 Å². The zero-order valence-corrected chi connectivity index (χ0v) is 12.7. The van der Waals surface area contributed by atoms with Gasteiger partial charge in [-0.25, -0.2) is 9.78 Å². The van der Waals surface area contributed by atoms with E-state index < -0.39 is 5.76 Å². The maximum Gasteiger partial charge on any atom is 0.442 e. The molecule has 0 saturated carbocycles. The predicted molar refractivity (Wildman–Crippen MR) is 86.0 cm³/mol. The van der Waals surface area contributed by atoms with E-state index in [-0.39, 0.29) is 0 Å². The third kappa shape index (κ3) is 2.24. The second-order valence-corrected chi connectivity index (χ2v) is 5.34. The number of rotatable bonds is 2. The Morgan fingerprint density at radius 3 is 2.70 bits per heavy atom.